The van der Waals surface area contributed by atoms with Gasteiger partial charge in [-0.15, -0.1) is 0 Å². The Bertz CT molecular complexity index is 159. The van der Waals surface area contributed by atoms with E-state index in [9.17, 15) is 4.79 Å². The van der Waals surface area contributed by atoms with Crippen molar-refractivity contribution in [1.82, 2.24) is 16.1 Å². The quantitative estimate of drug-likeness (QED) is 0.326. The van der Waals surface area contributed by atoms with E-state index < -0.39 is 0 Å². The highest BCUT2D eigenvalue weighted by atomic mass is 16.1. The van der Waals surface area contributed by atoms with Crippen molar-refractivity contribution in [3.8, 4) is 0 Å². The van der Waals surface area contributed by atoms with Crippen LogP contribution in [-0.4, -0.2) is 31.6 Å². The standard InChI is InChI=1S/C9H22N4O/c1-4-8(13-10)5-7(2)12-9(14)6-11-3/h7-8,11,13H,4-6,10H2,1-3H3,(H,12,14). The zero-order chi connectivity index (χ0) is 11.0. The van der Waals surface area contributed by atoms with E-state index in [0.717, 1.165) is 12.8 Å². The van der Waals surface area contributed by atoms with E-state index in [-0.39, 0.29) is 18.0 Å². The Morgan fingerprint density at radius 3 is 2.57 bits per heavy atom. The normalized spacial score (nSPS) is 14.9. The molecule has 2 unspecified atom stereocenters. The van der Waals surface area contributed by atoms with Crippen LogP contribution in [0.4, 0.5) is 0 Å². The number of amides is 1. The Balaban J connectivity index is 3.72. The number of hydrogen-bond acceptors (Lipinski definition) is 4. The van der Waals surface area contributed by atoms with Gasteiger partial charge in [0.05, 0.1) is 6.54 Å². The molecule has 0 radical (unpaired) electrons. The van der Waals surface area contributed by atoms with Crippen LogP contribution >= 0.6 is 0 Å². The highest BCUT2D eigenvalue weighted by molar-refractivity contribution is 5.78. The van der Waals surface area contributed by atoms with Crippen molar-refractivity contribution in [2.24, 2.45) is 5.84 Å². The van der Waals surface area contributed by atoms with Gasteiger partial charge in [-0.05, 0) is 26.8 Å². The molecular weight excluding hydrogens is 180 g/mol. The van der Waals surface area contributed by atoms with E-state index in [0.29, 0.717) is 6.54 Å². The van der Waals surface area contributed by atoms with Crippen molar-refractivity contribution in [2.45, 2.75) is 38.8 Å². The second-order valence-electron chi connectivity index (χ2n) is 3.51. The minimum atomic E-state index is 0.0203. The third-order valence-corrected chi connectivity index (χ3v) is 2.11. The first-order valence-corrected chi connectivity index (χ1v) is 5.04. The van der Waals surface area contributed by atoms with E-state index in [1.165, 1.54) is 0 Å². The Morgan fingerprint density at radius 1 is 1.50 bits per heavy atom. The molecule has 84 valence electrons. The minimum Gasteiger partial charge on any atom is -0.352 e. The molecule has 14 heavy (non-hydrogen) atoms. The zero-order valence-corrected chi connectivity index (χ0v) is 9.26. The third-order valence-electron chi connectivity index (χ3n) is 2.11. The van der Waals surface area contributed by atoms with Gasteiger partial charge in [-0.1, -0.05) is 6.92 Å². The maximum absolute atomic E-state index is 11.2. The fourth-order valence-corrected chi connectivity index (χ4v) is 1.32. The Labute approximate surface area is 85.8 Å². The van der Waals surface area contributed by atoms with Gasteiger partial charge in [-0.25, -0.2) is 0 Å². The Morgan fingerprint density at radius 2 is 2.14 bits per heavy atom. The molecule has 0 aliphatic heterocycles. The van der Waals surface area contributed by atoms with Gasteiger partial charge in [0.15, 0.2) is 0 Å². The van der Waals surface area contributed by atoms with Crippen LogP contribution in [0, 0.1) is 0 Å². The van der Waals surface area contributed by atoms with Gasteiger partial charge in [-0.3, -0.25) is 16.1 Å². The number of nitrogens with two attached hydrogens (primary N) is 1. The van der Waals surface area contributed by atoms with E-state index in [2.05, 4.69) is 23.0 Å². The first kappa shape index (κ1) is 13.4. The van der Waals surface area contributed by atoms with Gasteiger partial charge >= 0.3 is 0 Å². The molecular formula is C9H22N4O. The number of carbonyl (C=O) groups is 1. The molecule has 5 nitrogen and oxygen atoms in total. The summed E-state index contributed by atoms with van der Waals surface area (Å²) in [5, 5.41) is 5.68. The molecule has 0 fully saturated rings. The van der Waals surface area contributed by atoms with E-state index in [1.807, 2.05) is 6.92 Å². The van der Waals surface area contributed by atoms with Crippen molar-refractivity contribution in [2.75, 3.05) is 13.6 Å². The van der Waals surface area contributed by atoms with E-state index in [4.69, 9.17) is 5.84 Å². The molecule has 0 heterocycles. The summed E-state index contributed by atoms with van der Waals surface area (Å²) < 4.78 is 0. The summed E-state index contributed by atoms with van der Waals surface area (Å²) in [5.41, 5.74) is 2.72. The number of rotatable bonds is 7. The third kappa shape index (κ3) is 5.90. The van der Waals surface area contributed by atoms with Crippen LogP contribution in [0.15, 0.2) is 0 Å². The van der Waals surface area contributed by atoms with Gasteiger partial charge in [0.25, 0.3) is 0 Å². The summed E-state index contributed by atoms with van der Waals surface area (Å²) in [5.74, 6) is 5.37. The number of nitrogens with one attached hydrogen (secondary N) is 3. The van der Waals surface area contributed by atoms with Gasteiger partial charge in [0.2, 0.25) is 5.91 Å². The van der Waals surface area contributed by atoms with Crippen molar-refractivity contribution >= 4 is 5.91 Å². The van der Waals surface area contributed by atoms with Gasteiger partial charge in [0.1, 0.15) is 0 Å². The van der Waals surface area contributed by atoms with E-state index >= 15 is 0 Å². The molecule has 0 aliphatic carbocycles. The summed E-state index contributed by atoms with van der Waals surface area (Å²) in [7, 11) is 1.75. The van der Waals surface area contributed by atoms with Crippen LogP contribution in [0.1, 0.15) is 26.7 Å². The number of carbonyl (C=O) groups excluding carboxylic acids is 1. The average Bonchev–Trinajstić information content (AvgIpc) is 2.14. The highest BCUT2D eigenvalue weighted by Gasteiger charge is 2.11. The van der Waals surface area contributed by atoms with Crippen LogP contribution in [-0.2, 0) is 4.79 Å². The van der Waals surface area contributed by atoms with Crippen LogP contribution in [0.5, 0.6) is 0 Å². The maximum Gasteiger partial charge on any atom is 0.234 e. The van der Waals surface area contributed by atoms with E-state index in [1.54, 1.807) is 7.05 Å². The monoisotopic (exact) mass is 202 g/mol. The van der Waals surface area contributed by atoms with Gasteiger partial charge in [-0.2, -0.15) is 0 Å². The fraction of sp³-hybridized carbons (Fsp3) is 0.889. The molecule has 0 aromatic rings. The molecule has 0 rings (SSSR count). The van der Waals surface area contributed by atoms with Gasteiger partial charge in [0, 0.05) is 12.1 Å². The number of hydrazine groups is 1. The van der Waals surface area contributed by atoms with Crippen LogP contribution in [0.25, 0.3) is 0 Å². The zero-order valence-electron chi connectivity index (χ0n) is 9.26. The van der Waals surface area contributed by atoms with Crippen molar-refractivity contribution in [3.63, 3.8) is 0 Å². The SMILES string of the molecule is CCC(CC(C)NC(=O)CNC)NN. The largest absolute Gasteiger partial charge is 0.352 e. The lowest BCUT2D eigenvalue weighted by Crippen LogP contribution is -2.43. The first-order chi connectivity index (χ1) is 6.63. The van der Waals surface area contributed by atoms with Crippen molar-refractivity contribution < 1.29 is 4.79 Å². The summed E-state index contributed by atoms with van der Waals surface area (Å²) in [4.78, 5) is 11.2. The second-order valence-corrected chi connectivity index (χ2v) is 3.51. The molecule has 5 N–H and O–H groups in total. The predicted molar refractivity (Wildman–Crippen MR) is 57.6 cm³/mol. The lowest BCUT2D eigenvalue weighted by Gasteiger charge is -2.19. The average molecular weight is 202 g/mol. The van der Waals surface area contributed by atoms with Crippen molar-refractivity contribution in [1.29, 1.82) is 0 Å². The second kappa shape index (κ2) is 7.73. The molecule has 0 bridgehead atoms. The van der Waals surface area contributed by atoms with Crippen LogP contribution in [0.2, 0.25) is 0 Å². The molecule has 0 aliphatic rings. The van der Waals surface area contributed by atoms with Crippen molar-refractivity contribution in [3.05, 3.63) is 0 Å². The first-order valence-electron chi connectivity index (χ1n) is 5.04. The minimum absolute atomic E-state index is 0.0203. The molecule has 0 spiro atoms. The highest BCUT2D eigenvalue weighted by Crippen LogP contribution is 2.00. The lowest BCUT2D eigenvalue weighted by molar-refractivity contribution is -0.120. The summed E-state index contributed by atoms with van der Waals surface area (Å²) in [6, 6.07) is 0.414. The molecule has 2 atom stereocenters. The number of likely N-dealkylation sites (N-methyl/N-ethyl adjacent to an activating group) is 1. The smallest absolute Gasteiger partial charge is 0.234 e. The fourth-order valence-electron chi connectivity index (χ4n) is 1.32. The Kier molecular flexibility index (Phi) is 7.37. The summed E-state index contributed by atoms with van der Waals surface area (Å²) in [6.45, 7) is 4.40. The molecule has 0 saturated carbocycles. The molecule has 0 saturated heterocycles. The predicted octanol–water partition coefficient (Wildman–Crippen LogP) is -0.657. The maximum atomic E-state index is 11.2. The molecule has 5 heteroatoms. The lowest BCUT2D eigenvalue weighted by atomic mass is 10.1. The van der Waals surface area contributed by atoms with Crippen LogP contribution < -0.4 is 21.9 Å². The summed E-state index contributed by atoms with van der Waals surface area (Å²) in [6.07, 6.45) is 1.81. The molecule has 1 amide bonds. The van der Waals surface area contributed by atoms with Gasteiger partial charge < -0.3 is 10.6 Å². The Hall–Kier alpha value is -0.650. The summed E-state index contributed by atoms with van der Waals surface area (Å²) >= 11 is 0. The molecule has 0 aromatic heterocycles. The number of hydrogen-bond donors (Lipinski definition) is 4. The molecule has 0 aromatic carbocycles. The van der Waals surface area contributed by atoms with Crippen LogP contribution in [0.3, 0.4) is 0 Å². The topological polar surface area (TPSA) is 79.2 Å².